The minimum atomic E-state index is -0.550. The molecule has 1 saturated carbocycles. The van der Waals surface area contributed by atoms with E-state index in [0.717, 1.165) is 57.3 Å². The number of carbonyl (C=O) groups is 2. The van der Waals surface area contributed by atoms with Gasteiger partial charge in [-0.2, -0.15) is 0 Å². The molecule has 5 rings (SSSR count). The number of piperazine rings is 1. The van der Waals surface area contributed by atoms with E-state index in [1.807, 2.05) is 13.8 Å². The number of nitrogens with one attached hydrogen (secondary N) is 2. The fraction of sp³-hybridized carbons (Fsp3) is 0.625. The van der Waals surface area contributed by atoms with Crippen molar-refractivity contribution in [2.24, 2.45) is 0 Å². The number of anilines is 1. The summed E-state index contributed by atoms with van der Waals surface area (Å²) in [5.41, 5.74) is 1.90. The first kappa shape index (κ1) is 24.8. The number of halogens is 1. The van der Waals surface area contributed by atoms with Gasteiger partial charge < -0.3 is 24.7 Å². The summed E-state index contributed by atoms with van der Waals surface area (Å²) in [5, 5.41) is 6.37. The van der Waals surface area contributed by atoms with Crippen LogP contribution in [0.25, 0.3) is 11.1 Å². The van der Waals surface area contributed by atoms with Crippen molar-refractivity contribution in [1.82, 2.24) is 20.1 Å². The number of fused-ring (bicyclic) bond motifs is 4. The van der Waals surface area contributed by atoms with Crippen LogP contribution in [-0.2, 0) is 10.3 Å². The van der Waals surface area contributed by atoms with Crippen LogP contribution in [0.1, 0.15) is 62.2 Å². The first-order valence-corrected chi connectivity index (χ1v) is 12.6. The minimum Gasteiger partial charge on any atom is -0.432 e. The van der Waals surface area contributed by atoms with Gasteiger partial charge in [-0.1, -0.05) is 44.7 Å². The number of ether oxygens (including phenoxy) is 1. The van der Waals surface area contributed by atoms with Crippen molar-refractivity contribution in [2.75, 3.05) is 51.8 Å². The normalized spacial score (nSPS) is 19.8. The maximum Gasteiger partial charge on any atom is 0.319 e. The molecule has 0 unspecified atom stereocenters. The first-order valence-electron chi connectivity index (χ1n) is 12.2. The van der Waals surface area contributed by atoms with E-state index in [4.69, 9.17) is 20.8 Å². The zero-order chi connectivity index (χ0) is 24.3. The Kier molecular flexibility index (Phi) is 7.64. The van der Waals surface area contributed by atoms with Crippen molar-refractivity contribution in [3.63, 3.8) is 0 Å². The van der Waals surface area contributed by atoms with Crippen LogP contribution < -0.4 is 10.6 Å². The minimum absolute atomic E-state index is 0.0673. The third-order valence-electron chi connectivity index (χ3n) is 6.86. The topological polar surface area (TPSA) is 99.9 Å². The summed E-state index contributed by atoms with van der Waals surface area (Å²) in [7, 11) is 1.69. The molecule has 1 aromatic carbocycles. The molecule has 10 heteroatoms. The lowest BCUT2D eigenvalue weighted by molar-refractivity contribution is 0.0560. The van der Waals surface area contributed by atoms with Gasteiger partial charge in [-0.3, -0.25) is 9.69 Å². The predicted molar refractivity (Wildman–Crippen MR) is 132 cm³/mol. The van der Waals surface area contributed by atoms with E-state index in [0.29, 0.717) is 41.5 Å². The maximum atomic E-state index is 13.2. The standard InChI is InChI=1S/C22H28ClN5O4.C2H6/c1-31-12-11-27-7-9-28(10-8-27)20(29)19-24-15-13-14(23)17-16(18(15)32-19)22(26-21(30)25-17)5-3-2-4-6-22;1-2/h13H,2-12H2,1H3,(H2,25,26,30);1-2H3. The highest BCUT2D eigenvalue weighted by molar-refractivity contribution is 6.35. The van der Waals surface area contributed by atoms with Crippen LogP contribution >= 0.6 is 11.6 Å². The maximum absolute atomic E-state index is 13.2. The molecule has 1 saturated heterocycles. The number of aromatic nitrogens is 1. The number of amides is 3. The Bertz CT molecular complexity index is 1040. The molecule has 0 atom stereocenters. The zero-order valence-electron chi connectivity index (χ0n) is 20.2. The molecule has 34 heavy (non-hydrogen) atoms. The van der Waals surface area contributed by atoms with Crippen LogP contribution in [0.5, 0.6) is 0 Å². The molecular weight excluding hydrogens is 458 g/mol. The van der Waals surface area contributed by atoms with Gasteiger partial charge in [0.25, 0.3) is 5.89 Å². The summed E-state index contributed by atoms with van der Waals surface area (Å²) >= 11 is 6.55. The summed E-state index contributed by atoms with van der Waals surface area (Å²) in [6, 6.07) is 1.41. The van der Waals surface area contributed by atoms with E-state index in [1.165, 1.54) is 0 Å². The molecule has 0 bridgehead atoms. The van der Waals surface area contributed by atoms with E-state index < -0.39 is 5.54 Å². The van der Waals surface area contributed by atoms with Crippen LogP contribution in [0.2, 0.25) is 5.02 Å². The Hall–Kier alpha value is -2.36. The molecule has 3 heterocycles. The van der Waals surface area contributed by atoms with E-state index in [9.17, 15) is 9.59 Å². The van der Waals surface area contributed by atoms with E-state index in [2.05, 4.69) is 20.5 Å². The van der Waals surface area contributed by atoms with Gasteiger partial charge in [0, 0.05) is 45.4 Å². The number of carbonyl (C=O) groups excluding carboxylic acids is 2. The van der Waals surface area contributed by atoms with Gasteiger partial charge in [-0.15, -0.1) is 0 Å². The summed E-state index contributed by atoms with van der Waals surface area (Å²) < 4.78 is 11.2. The van der Waals surface area contributed by atoms with Crippen molar-refractivity contribution >= 4 is 40.3 Å². The Morgan fingerprint density at radius 2 is 1.91 bits per heavy atom. The number of oxazole rings is 1. The molecule has 2 aliphatic heterocycles. The number of hydrogen-bond acceptors (Lipinski definition) is 6. The molecule has 1 spiro atoms. The SMILES string of the molecule is CC.COCCN1CCN(C(=O)c2nc3cc(Cl)c4c(c3o2)C2(CCCCC2)NC(=O)N4)CC1. The highest BCUT2D eigenvalue weighted by atomic mass is 35.5. The molecule has 3 amide bonds. The van der Waals surface area contributed by atoms with Gasteiger partial charge in [-0.05, 0) is 18.9 Å². The first-order chi connectivity index (χ1) is 16.5. The second-order valence-corrected chi connectivity index (χ2v) is 9.23. The lowest BCUT2D eigenvalue weighted by atomic mass is 9.74. The number of benzene rings is 1. The smallest absolute Gasteiger partial charge is 0.319 e. The second kappa shape index (κ2) is 10.5. The van der Waals surface area contributed by atoms with Crippen LogP contribution in [0, 0.1) is 0 Å². The van der Waals surface area contributed by atoms with Gasteiger partial charge in [0.2, 0.25) is 0 Å². The zero-order valence-corrected chi connectivity index (χ0v) is 21.0. The Morgan fingerprint density at radius 3 is 2.59 bits per heavy atom. The summed E-state index contributed by atoms with van der Waals surface area (Å²) in [5.74, 6) is -0.152. The molecule has 1 aromatic heterocycles. The van der Waals surface area contributed by atoms with E-state index in [-0.39, 0.29) is 17.8 Å². The third-order valence-corrected chi connectivity index (χ3v) is 7.16. The summed E-state index contributed by atoms with van der Waals surface area (Å²) in [6.45, 7) is 8.33. The fourth-order valence-corrected chi connectivity index (χ4v) is 5.43. The van der Waals surface area contributed by atoms with E-state index >= 15 is 0 Å². The summed E-state index contributed by atoms with van der Waals surface area (Å²) in [6.07, 6.45) is 4.73. The molecule has 2 aromatic rings. The van der Waals surface area contributed by atoms with Crippen LogP contribution in [-0.4, -0.2) is 73.2 Å². The van der Waals surface area contributed by atoms with Gasteiger partial charge in [0.15, 0.2) is 5.58 Å². The largest absolute Gasteiger partial charge is 0.432 e. The van der Waals surface area contributed by atoms with Crippen molar-refractivity contribution in [3.05, 3.63) is 22.5 Å². The van der Waals surface area contributed by atoms with Gasteiger partial charge in [0.1, 0.15) is 5.52 Å². The molecule has 2 N–H and O–H groups in total. The molecular formula is C24H34ClN5O4. The van der Waals surface area contributed by atoms with Gasteiger partial charge in [0.05, 0.1) is 22.9 Å². The molecule has 1 aliphatic carbocycles. The van der Waals surface area contributed by atoms with Crippen molar-refractivity contribution in [1.29, 1.82) is 0 Å². The Morgan fingerprint density at radius 1 is 1.21 bits per heavy atom. The van der Waals surface area contributed by atoms with Crippen LogP contribution in [0.3, 0.4) is 0 Å². The molecule has 9 nitrogen and oxygen atoms in total. The Balaban J connectivity index is 0.00000133. The number of urea groups is 1. The lowest BCUT2D eigenvalue weighted by Crippen LogP contribution is -2.52. The van der Waals surface area contributed by atoms with Crippen molar-refractivity contribution in [3.8, 4) is 0 Å². The van der Waals surface area contributed by atoms with Crippen molar-refractivity contribution in [2.45, 2.75) is 51.5 Å². The average molecular weight is 492 g/mol. The Labute approximate surface area is 205 Å². The highest BCUT2D eigenvalue weighted by Gasteiger charge is 2.44. The molecule has 186 valence electrons. The monoisotopic (exact) mass is 491 g/mol. The van der Waals surface area contributed by atoms with Crippen LogP contribution in [0.15, 0.2) is 10.5 Å². The van der Waals surface area contributed by atoms with Gasteiger partial charge >= 0.3 is 11.9 Å². The molecule has 2 fully saturated rings. The lowest BCUT2D eigenvalue weighted by Gasteiger charge is -2.42. The van der Waals surface area contributed by atoms with E-state index in [1.54, 1.807) is 18.1 Å². The average Bonchev–Trinajstić information content (AvgIpc) is 3.28. The fourth-order valence-electron chi connectivity index (χ4n) is 5.19. The molecule has 0 radical (unpaired) electrons. The summed E-state index contributed by atoms with van der Waals surface area (Å²) in [4.78, 5) is 34.1. The second-order valence-electron chi connectivity index (χ2n) is 8.82. The number of nitrogens with zero attached hydrogens (tertiary/aromatic N) is 3. The molecule has 3 aliphatic rings. The van der Waals surface area contributed by atoms with Crippen molar-refractivity contribution < 1.29 is 18.7 Å². The van der Waals surface area contributed by atoms with Gasteiger partial charge in [-0.25, -0.2) is 9.78 Å². The van der Waals surface area contributed by atoms with Crippen LogP contribution in [0.4, 0.5) is 10.5 Å². The number of methoxy groups -OCH3 is 1. The number of hydrogen-bond donors (Lipinski definition) is 2. The number of rotatable bonds is 4. The third kappa shape index (κ3) is 4.61. The quantitative estimate of drug-likeness (QED) is 0.664. The predicted octanol–water partition coefficient (Wildman–Crippen LogP) is 4.21. The highest BCUT2D eigenvalue weighted by Crippen LogP contribution is 2.48.